The van der Waals surface area contributed by atoms with Crippen LogP contribution in [0.25, 0.3) is 5.76 Å². The van der Waals surface area contributed by atoms with Crippen molar-refractivity contribution in [2.45, 2.75) is 16.1 Å². The second-order valence-corrected chi connectivity index (χ2v) is 10.2. The molecule has 2 aromatic heterocycles. The average molecular weight is 550 g/mol. The van der Waals surface area contributed by atoms with Gasteiger partial charge in [0.1, 0.15) is 11.6 Å². The molecule has 0 bridgehead atoms. The summed E-state index contributed by atoms with van der Waals surface area (Å²) in [5.74, 6) is -2.51. The third-order valence-electron chi connectivity index (χ3n) is 5.71. The Bertz CT molecular complexity index is 1590. The molecule has 1 saturated heterocycles. The first kappa shape index (κ1) is 25.2. The van der Waals surface area contributed by atoms with Crippen molar-refractivity contribution >= 4 is 51.4 Å². The van der Waals surface area contributed by atoms with Crippen LogP contribution in [0.5, 0.6) is 0 Å². The van der Waals surface area contributed by atoms with Crippen molar-refractivity contribution in [1.82, 2.24) is 15.2 Å². The lowest BCUT2D eigenvalue weighted by Gasteiger charge is -2.22. The topological polar surface area (TPSA) is 139 Å². The fraction of sp³-hybridized carbons (Fsp3) is 0.0800. The van der Waals surface area contributed by atoms with E-state index in [4.69, 9.17) is 0 Å². The highest BCUT2D eigenvalue weighted by molar-refractivity contribution is 8.00. The van der Waals surface area contributed by atoms with Crippen LogP contribution >= 0.6 is 23.1 Å². The lowest BCUT2D eigenvalue weighted by atomic mass is 9.95. The van der Waals surface area contributed by atoms with E-state index in [-0.39, 0.29) is 39.1 Å². The summed E-state index contributed by atoms with van der Waals surface area (Å²) >= 11 is 2.20. The summed E-state index contributed by atoms with van der Waals surface area (Å²) in [4.78, 5) is 42.3. The molecule has 1 aliphatic heterocycles. The number of hydrogen-bond acceptors (Lipinski definition) is 10. The summed E-state index contributed by atoms with van der Waals surface area (Å²) in [6.45, 7) is 0. The van der Waals surface area contributed by atoms with Crippen molar-refractivity contribution in [2.24, 2.45) is 0 Å². The zero-order valence-corrected chi connectivity index (χ0v) is 20.9. The van der Waals surface area contributed by atoms with Gasteiger partial charge in [-0.05, 0) is 29.3 Å². The Morgan fingerprint density at radius 1 is 1.11 bits per heavy atom. The Hall–Kier alpha value is -4.49. The van der Waals surface area contributed by atoms with E-state index in [1.54, 1.807) is 18.2 Å². The van der Waals surface area contributed by atoms with E-state index in [1.807, 2.05) is 0 Å². The molecule has 38 heavy (non-hydrogen) atoms. The molecule has 0 spiro atoms. The molecule has 1 N–H and O–H groups in total. The maximum Gasteiger partial charge on any atom is 0.301 e. The molecule has 0 saturated carbocycles. The van der Waals surface area contributed by atoms with Gasteiger partial charge in [0.05, 0.1) is 16.5 Å². The van der Waals surface area contributed by atoms with Gasteiger partial charge in [-0.15, -0.1) is 10.2 Å². The molecule has 1 aliphatic rings. The van der Waals surface area contributed by atoms with E-state index in [0.29, 0.717) is 9.90 Å². The van der Waals surface area contributed by atoms with Crippen LogP contribution in [-0.4, -0.2) is 36.9 Å². The van der Waals surface area contributed by atoms with Gasteiger partial charge in [-0.3, -0.25) is 29.6 Å². The zero-order valence-electron chi connectivity index (χ0n) is 19.2. The SMILES string of the molecule is O=C1C(=O)N(c2nnc(SCc3ccccc3F)s2)C(c2cccc([N+](=O)[O-])c2)/C1=C(\O)c1ccncc1. The Morgan fingerprint density at radius 2 is 1.87 bits per heavy atom. The second-order valence-electron chi connectivity index (χ2n) is 7.99. The van der Waals surface area contributed by atoms with Crippen LogP contribution in [-0.2, 0) is 15.3 Å². The number of non-ortho nitro benzene ring substituents is 1. The van der Waals surface area contributed by atoms with Crippen LogP contribution in [0, 0.1) is 15.9 Å². The van der Waals surface area contributed by atoms with Gasteiger partial charge in [-0.25, -0.2) is 4.39 Å². The molecule has 0 aliphatic carbocycles. The quantitative estimate of drug-likeness (QED) is 0.0648. The van der Waals surface area contributed by atoms with E-state index < -0.39 is 28.4 Å². The van der Waals surface area contributed by atoms with Crippen LogP contribution in [0.1, 0.15) is 22.7 Å². The van der Waals surface area contributed by atoms with Crippen LogP contribution in [0.3, 0.4) is 0 Å². The van der Waals surface area contributed by atoms with Crippen LogP contribution in [0.15, 0.2) is 83.0 Å². The van der Waals surface area contributed by atoms with Crippen molar-refractivity contribution in [2.75, 3.05) is 4.90 Å². The smallest absolute Gasteiger partial charge is 0.301 e. The lowest BCUT2D eigenvalue weighted by molar-refractivity contribution is -0.384. The number of rotatable bonds is 7. The molecule has 1 atom stereocenters. The van der Waals surface area contributed by atoms with Gasteiger partial charge in [-0.2, -0.15) is 0 Å². The number of carbonyl (C=O) groups is 2. The van der Waals surface area contributed by atoms with Gasteiger partial charge in [0.2, 0.25) is 5.13 Å². The molecule has 13 heteroatoms. The summed E-state index contributed by atoms with van der Waals surface area (Å²) in [6, 6.07) is 13.5. The van der Waals surface area contributed by atoms with Crippen LogP contribution in [0.2, 0.25) is 0 Å². The van der Waals surface area contributed by atoms with Crippen LogP contribution < -0.4 is 4.90 Å². The molecule has 0 radical (unpaired) electrons. The lowest BCUT2D eigenvalue weighted by Crippen LogP contribution is -2.29. The number of ketones is 1. The summed E-state index contributed by atoms with van der Waals surface area (Å²) in [7, 11) is 0. The number of aromatic nitrogens is 3. The summed E-state index contributed by atoms with van der Waals surface area (Å²) in [5.41, 5.74) is 0.424. The highest BCUT2D eigenvalue weighted by Gasteiger charge is 2.48. The number of halogens is 1. The molecule has 4 aromatic rings. The molecule has 1 fully saturated rings. The Kier molecular flexibility index (Phi) is 6.94. The van der Waals surface area contributed by atoms with Crippen LogP contribution in [0.4, 0.5) is 15.2 Å². The maximum atomic E-state index is 14.0. The molecule has 190 valence electrons. The predicted octanol–water partition coefficient (Wildman–Crippen LogP) is 4.90. The van der Waals surface area contributed by atoms with Crippen molar-refractivity contribution < 1.29 is 24.0 Å². The number of anilines is 1. The van der Waals surface area contributed by atoms with Gasteiger partial charge in [-0.1, -0.05) is 53.4 Å². The molecule has 1 unspecified atom stereocenters. The summed E-state index contributed by atoms with van der Waals surface area (Å²) in [6.07, 6.45) is 2.83. The first-order valence-electron chi connectivity index (χ1n) is 11.0. The Morgan fingerprint density at radius 3 is 2.61 bits per heavy atom. The largest absolute Gasteiger partial charge is 0.507 e. The standard InChI is InChI=1S/C25H16FN5O5S2/c26-18-7-2-1-4-16(18)13-37-25-29-28-24(38-25)30-20(15-5-3-6-17(12-15)31(35)36)19(22(33)23(30)34)21(32)14-8-10-27-11-9-14/h1-12,20,32H,13H2/b21-19+. The van der Waals surface area contributed by atoms with Gasteiger partial charge >= 0.3 is 5.91 Å². The number of hydrogen-bond donors (Lipinski definition) is 1. The maximum absolute atomic E-state index is 14.0. The van der Waals surface area contributed by atoms with Gasteiger partial charge in [0.15, 0.2) is 4.34 Å². The van der Waals surface area contributed by atoms with E-state index in [1.165, 1.54) is 66.6 Å². The van der Waals surface area contributed by atoms with E-state index in [0.717, 1.165) is 16.2 Å². The van der Waals surface area contributed by atoms with Gasteiger partial charge in [0, 0.05) is 35.8 Å². The monoisotopic (exact) mass is 549 g/mol. The predicted molar refractivity (Wildman–Crippen MR) is 138 cm³/mol. The van der Waals surface area contributed by atoms with E-state index in [9.17, 15) is 29.2 Å². The Balaban J connectivity index is 1.57. The molecule has 2 aromatic carbocycles. The minimum atomic E-state index is -1.21. The highest BCUT2D eigenvalue weighted by atomic mass is 32.2. The van der Waals surface area contributed by atoms with Gasteiger partial charge in [0.25, 0.3) is 11.5 Å². The first-order valence-corrected chi connectivity index (χ1v) is 12.8. The number of thioether (sulfide) groups is 1. The number of benzene rings is 2. The number of nitrogens with zero attached hydrogens (tertiary/aromatic N) is 5. The van der Waals surface area contributed by atoms with Crippen molar-refractivity contribution in [3.8, 4) is 0 Å². The number of aliphatic hydroxyl groups is 1. The number of pyridine rings is 1. The number of Topliss-reactive ketones (excluding diaryl/α,β-unsaturated/α-hetero) is 1. The number of nitro benzene ring substituents is 1. The molecule has 10 nitrogen and oxygen atoms in total. The minimum Gasteiger partial charge on any atom is -0.507 e. The molecular weight excluding hydrogens is 533 g/mol. The number of nitro groups is 1. The molecule has 5 rings (SSSR count). The van der Waals surface area contributed by atoms with E-state index in [2.05, 4.69) is 15.2 Å². The Labute approximate surface area is 222 Å². The second kappa shape index (κ2) is 10.5. The first-order chi connectivity index (χ1) is 18.3. The average Bonchev–Trinajstić information content (AvgIpc) is 3.50. The molecular formula is C25H16FN5O5S2. The summed E-state index contributed by atoms with van der Waals surface area (Å²) in [5, 5.41) is 30.7. The van der Waals surface area contributed by atoms with Gasteiger partial charge < -0.3 is 5.11 Å². The summed E-state index contributed by atoms with van der Waals surface area (Å²) < 4.78 is 14.4. The molecule has 1 amide bonds. The van der Waals surface area contributed by atoms with Crippen molar-refractivity contribution in [1.29, 1.82) is 0 Å². The minimum absolute atomic E-state index is 0.0495. The number of amides is 1. The number of aliphatic hydroxyl groups excluding tert-OH is 1. The third kappa shape index (κ3) is 4.76. The van der Waals surface area contributed by atoms with Crippen molar-refractivity contribution in [3.63, 3.8) is 0 Å². The molecule has 3 heterocycles. The highest BCUT2D eigenvalue weighted by Crippen LogP contribution is 2.44. The van der Waals surface area contributed by atoms with Crippen molar-refractivity contribution in [3.05, 3.63) is 111 Å². The number of carbonyl (C=O) groups excluding carboxylic acids is 2. The third-order valence-corrected chi connectivity index (χ3v) is 7.81. The normalized spacial score (nSPS) is 16.7. The fourth-order valence-electron chi connectivity index (χ4n) is 3.93. The zero-order chi connectivity index (χ0) is 26.8. The van der Waals surface area contributed by atoms with E-state index >= 15 is 0 Å². The fourth-order valence-corrected chi connectivity index (χ4v) is 5.79.